The molecule has 0 aliphatic carbocycles. The van der Waals surface area contributed by atoms with Crippen molar-refractivity contribution >= 4 is 32.8 Å². The number of aromatic nitrogens is 4. The number of imidazole rings is 1. The Bertz CT molecular complexity index is 3880. The molecule has 3 heterocycles. The number of para-hydroxylation sites is 4. The second-order valence-electron chi connectivity index (χ2n) is 12.7. The average molecular weight is 935 g/mol. The van der Waals surface area contributed by atoms with Gasteiger partial charge in [0.05, 0.1) is 30.4 Å². The number of hydrogen-bond donors (Lipinski definition) is 0. The fraction of sp³-hybridized carbons (Fsp3) is 0.0588. The van der Waals surface area contributed by atoms with Crippen molar-refractivity contribution < 1.29 is 56.4 Å². The van der Waals surface area contributed by atoms with Gasteiger partial charge in [-0.1, -0.05) is 127 Å². The van der Waals surface area contributed by atoms with E-state index in [0.717, 1.165) is 6.07 Å². The van der Waals surface area contributed by atoms with E-state index >= 15 is 0 Å². The van der Waals surface area contributed by atoms with Gasteiger partial charge in [-0.05, 0) is 77.1 Å². The number of benzene rings is 7. The quantitative estimate of drug-likeness (QED) is 0.118. The Morgan fingerprint density at radius 1 is 0.667 bits per heavy atom. The Kier molecular flexibility index (Phi) is 5.35. The van der Waals surface area contributed by atoms with Crippen molar-refractivity contribution in [3.63, 3.8) is 0 Å². The summed E-state index contributed by atoms with van der Waals surface area (Å²) in [6.45, 7) is -9.06. The van der Waals surface area contributed by atoms with Crippen molar-refractivity contribution in [3.05, 3.63) is 199 Å². The van der Waals surface area contributed by atoms with Crippen molar-refractivity contribution in [2.75, 3.05) is 0 Å². The summed E-state index contributed by atoms with van der Waals surface area (Å²) in [7, 11) is 0. The fourth-order valence-corrected chi connectivity index (χ4v) is 6.95. The van der Waals surface area contributed by atoms with Crippen LogP contribution in [0.3, 0.4) is 0 Å². The number of aryl methyl sites for hydroxylation is 2. The maximum atomic E-state index is 8.98. The molecule has 0 unspecified atom stereocenters. The van der Waals surface area contributed by atoms with Crippen molar-refractivity contribution in [1.29, 1.82) is 0 Å². The molecule has 0 saturated heterocycles. The Morgan fingerprint density at radius 3 is 2.11 bits per heavy atom. The smallest absolute Gasteiger partial charge is 0.268 e. The van der Waals surface area contributed by atoms with Crippen LogP contribution < -0.4 is 9.30 Å². The Balaban J connectivity index is 0.00000706. The molecule has 0 aliphatic rings. The van der Waals surface area contributed by atoms with Crippen LogP contribution in [0, 0.1) is 39.0 Å². The molecule has 10 rings (SSSR count). The van der Waals surface area contributed by atoms with Gasteiger partial charge >= 0.3 is 0 Å². The molecule has 7 aromatic carbocycles. The molecule has 0 saturated carbocycles. The minimum Gasteiger partial charge on any atom is -0.510 e. The molecular formula is C51H36N4OPt-2. The van der Waals surface area contributed by atoms with Crippen molar-refractivity contribution in [3.8, 4) is 50.9 Å². The Morgan fingerprint density at radius 2 is 1.37 bits per heavy atom. The first kappa shape index (κ1) is 20.6. The first-order valence-corrected chi connectivity index (χ1v) is 17.2. The average Bonchev–Trinajstić information content (AvgIpc) is 3.92. The van der Waals surface area contributed by atoms with Crippen LogP contribution in [0.5, 0.6) is 11.5 Å². The molecule has 0 amide bonds. The van der Waals surface area contributed by atoms with E-state index < -0.39 is 104 Å². The molecule has 0 fully saturated rings. The second-order valence-corrected chi connectivity index (χ2v) is 12.7. The first-order valence-electron chi connectivity index (χ1n) is 26.7. The summed E-state index contributed by atoms with van der Waals surface area (Å²) in [6.07, 6.45) is 3.30. The zero-order chi connectivity index (χ0) is 54.0. The van der Waals surface area contributed by atoms with E-state index in [9.17, 15) is 0 Å². The summed E-state index contributed by atoms with van der Waals surface area (Å²) >= 11 is 0. The van der Waals surface area contributed by atoms with E-state index in [4.69, 9.17) is 30.8 Å². The summed E-state index contributed by atoms with van der Waals surface area (Å²) in [5.41, 5.74) is -0.435. The molecule has 0 N–H and O–H groups in total. The van der Waals surface area contributed by atoms with Gasteiger partial charge in [0.1, 0.15) is 5.82 Å². The van der Waals surface area contributed by atoms with Crippen molar-refractivity contribution in [2.45, 2.75) is 20.6 Å². The molecule has 5 nitrogen and oxygen atoms in total. The van der Waals surface area contributed by atoms with Gasteiger partial charge < -0.3 is 13.9 Å². The summed E-state index contributed by atoms with van der Waals surface area (Å²) < 4.78 is 173. The van der Waals surface area contributed by atoms with Crippen LogP contribution in [-0.4, -0.2) is 14.1 Å². The van der Waals surface area contributed by atoms with Crippen LogP contribution >= 0.6 is 0 Å². The van der Waals surface area contributed by atoms with E-state index in [1.165, 1.54) is 27.3 Å². The summed E-state index contributed by atoms with van der Waals surface area (Å²) in [5.74, 6) is -0.238. The van der Waals surface area contributed by atoms with E-state index in [1.54, 1.807) is 83.4 Å². The molecule has 0 radical (unpaired) electrons. The number of ether oxygens (including phenoxy) is 1. The summed E-state index contributed by atoms with van der Waals surface area (Å²) in [5, 5.41) is 1.11. The topological polar surface area (TPSA) is 35.9 Å². The Labute approximate surface area is 373 Å². The third-order valence-electron chi connectivity index (χ3n) is 9.34. The standard InChI is InChI=1S/C51H36N4O.Pt/c1-34-30-35(2)52-51(36(34)3)55-46-25-11-10-22-44(46)45-29-28-41(32-49(45)55)56-40-21-14-20-39(31-40)53-33-54(48-27-13-12-26-47(48)53)50-42(37-16-6-4-7-17-37)23-15-24-43(50)38-18-8-5-9-19-38;/h4-30H,1-3H3;/q-2;/i1D3,2D3,3D3,4D,5D,6D,7D,8D,9D,16D,17D,18D,19D;. The SMILES string of the molecule is [2H]c1c([2H])c([2H])c(-c2cccc(-c3c([2H])c([2H])c([2H])c([2H])c3[2H])c2-[n+]2[c-]n(-c3[c-]c(Oc4[c-]c5c(cc4)c4ccccc4n5-c4nc(C([2H])([2H])[2H])cc(C([2H])([2H])[2H])c4C([2H])([2H])[2H])ccc3)c3ccccc32)c([2H])c1[2H].[Pt]. The number of hydrogen-bond acceptors (Lipinski definition) is 2. The maximum Gasteiger partial charge on any atom is 0.268 e. The molecule has 0 aliphatic heterocycles. The minimum absolute atomic E-state index is 0. The van der Waals surface area contributed by atoms with E-state index in [0.29, 0.717) is 33.0 Å². The number of nitrogens with zero attached hydrogens (tertiary/aromatic N) is 4. The third-order valence-corrected chi connectivity index (χ3v) is 9.34. The van der Waals surface area contributed by atoms with E-state index in [1.807, 2.05) is 0 Å². The van der Waals surface area contributed by atoms with Gasteiger partial charge in [0.2, 0.25) is 0 Å². The van der Waals surface area contributed by atoms with Gasteiger partial charge in [0, 0.05) is 56.1 Å². The molecule has 0 atom stereocenters. The van der Waals surface area contributed by atoms with E-state index in [2.05, 4.69) is 23.4 Å². The van der Waals surface area contributed by atoms with Crippen LogP contribution in [0.4, 0.5) is 0 Å². The number of pyridine rings is 1. The van der Waals surface area contributed by atoms with E-state index in [-0.39, 0.29) is 66.0 Å². The second kappa shape index (κ2) is 14.8. The normalized spacial score (nSPS) is 16.7. The summed E-state index contributed by atoms with van der Waals surface area (Å²) in [4.78, 5) is 4.35. The van der Waals surface area contributed by atoms with Crippen LogP contribution in [0.1, 0.15) is 42.9 Å². The predicted octanol–water partition coefficient (Wildman–Crippen LogP) is 11.8. The van der Waals surface area contributed by atoms with Gasteiger partial charge in [-0.15, -0.1) is 29.7 Å². The molecule has 0 bridgehead atoms. The molecule has 0 spiro atoms. The molecular weight excluding hydrogens is 880 g/mol. The predicted molar refractivity (Wildman–Crippen MR) is 225 cm³/mol. The van der Waals surface area contributed by atoms with Crippen molar-refractivity contribution in [1.82, 2.24) is 14.1 Å². The molecule has 57 heavy (non-hydrogen) atoms. The minimum atomic E-state index is -3.08. The third kappa shape index (κ3) is 6.35. The van der Waals surface area contributed by atoms with Crippen molar-refractivity contribution in [2.24, 2.45) is 0 Å². The first-order chi connectivity index (χ1) is 35.3. The van der Waals surface area contributed by atoms with Gasteiger partial charge in [0.15, 0.2) is 0 Å². The van der Waals surface area contributed by atoms with Gasteiger partial charge in [-0.3, -0.25) is 4.57 Å². The fourth-order valence-electron chi connectivity index (χ4n) is 6.95. The number of rotatable bonds is 7. The molecule has 10 aromatic rings. The van der Waals surface area contributed by atoms with Crippen LogP contribution in [-0.2, 0) is 21.1 Å². The van der Waals surface area contributed by atoms with Gasteiger partial charge in [-0.2, -0.15) is 18.2 Å². The Hall–Kier alpha value is -6.55. The monoisotopic (exact) mass is 934 g/mol. The van der Waals surface area contributed by atoms with Crippen LogP contribution in [0.25, 0.3) is 72.3 Å². The zero-order valence-electron chi connectivity index (χ0n) is 48.3. The molecule has 6 heteroatoms. The van der Waals surface area contributed by atoms with Gasteiger partial charge in [-0.25, -0.2) is 4.98 Å². The van der Waals surface area contributed by atoms with Crippen LogP contribution in [0.15, 0.2) is 164 Å². The number of fused-ring (bicyclic) bond motifs is 4. The summed E-state index contributed by atoms with van der Waals surface area (Å²) in [6, 6.07) is 27.9. The maximum absolute atomic E-state index is 8.98. The molecule has 278 valence electrons. The van der Waals surface area contributed by atoms with Crippen LogP contribution in [0.2, 0.25) is 0 Å². The largest absolute Gasteiger partial charge is 0.510 e. The zero-order valence-corrected chi connectivity index (χ0v) is 31.6. The van der Waals surface area contributed by atoms with Gasteiger partial charge in [0.25, 0.3) is 6.33 Å². The molecule has 3 aromatic heterocycles.